The van der Waals surface area contributed by atoms with Crippen molar-refractivity contribution in [1.29, 1.82) is 0 Å². The van der Waals surface area contributed by atoms with Gasteiger partial charge in [-0.1, -0.05) is 11.8 Å². The summed E-state index contributed by atoms with van der Waals surface area (Å²) in [7, 11) is 0. The minimum absolute atomic E-state index is 0.141. The summed E-state index contributed by atoms with van der Waals surface area (Å²) < 4.78 is 8.39. The van der Waals surface area contributed by atoms with Crippen LogP contribution in [0, 0.1) is 0 Å². The molecule has 0 amide bonds. The Morgan fingerprint density at radius 2 is 2.29 bits per heavy atom. The number of aromatic nitrogens is 7. The van der Waals surface area contributed by atoms with Gasteiger partial charge in [-0.05, 0) is 12.1 Å². The largest absolute Gasteiger partial charge is 0.467 e. The van der Waals surface area contributed by atoms with E-state index in [0.717, 1.165) is 5.76 Å². The van der Waals surface area contributed by atoms with Crippen LogP contribution in [0.25, 0.3) is 5.78 Å². The second-order valence-corrected chi connectivity index (χ2v) is 5.88. The molecule has 0 saturated heterocycles. The summed E-state index contributed by atoms with van der Waals surface area (Å²) in [5.41, 5.74) is 5.86. The highest BCUT2D eigenvalue weighted by Gasteiger charge is 2.10. The van der Waals surface area contributed by atoms with Crippen molar-refractivity contribution in [2.24, 2.45) is 0 Å². The first-order valence-corrected chi connectivity index (χ1v) is 7.95. The summed E-state index contributed by atoms with van der Waals surface area (Å²) in [6.07, 6.45) is 3.25. The Hall–Kier alpha value is -3.08. The maximum atomic E-state index is 12.0. The molecule has 0 spiro atoms. The fourth-order valence-electron chi connectivity index (χ4n) is 2.19. The number of nitrogens with one attached hydrogen (secondary N) is 1. The van der Waals surface area contributed by atoms with Gasteiger partial charge in [0.25, 0.3) is 11.3 Å². The van der Waals surface area contributed by atoms with Crippen molar-refractivity contribution in [1.82, 2.24) is 34.3 Å². The van der Waals surface area contributed by atoms with Crippen LogP contribution in [0.3, 0.4) is 0 Å². The molecule has 11 heteroatoms. The molecule has 0 aliphatic rings. The number of aromatic amines is 1. The highest BCUT2D eigenvalue weighted by atomic mass is 32.2. The van der Waals surface area contributed by atoms with Crippen LogP contribution in [0.5, 0.6) is 0 Å². The number of furan rings is 1. The Bertz CT molecular complexity index is 1030. The number of nitrogens with zero attached hydrogens (tertiary/aromatic N) is 6. The van der Waals surface area contributed by atoms with E-state index >= 15 is 0 Å². The summed E-state index contributed by atoms with van der Waals surface area (Å²) in [6, 6.07) is 5.15. The van der Waals surface area contributed by atoms with Gasteiger partial charge in [0.1, 0.15) is 12.1 Å². The molecule has 122 valence electrons. The van der Waals surface area contributed by atoms with E-state index in [1.54, 1.807) is 12.6 Å². The predicted molar refractivity (Wildman–Crippen MR) is 85.4 cm³/mol. The van der Waals surface area contributed by atoms with Crippen LogP contribution < -0.4 is 11.3 Å². The molecule has 0 saturated carbocycles. The Labute approximate surface area is 138 Å². The molecule has 3 N–H and O–H groups in total. The fourth-order valence-corrected chi connectivity index (χ4v) is 3.00. The predicted octanol–water partition coefficient (Wildman–Crippen LogP) is 0.525. The van der Waals surface area contributed by atoms with E-state index < -0.39 is 0 Å². The van der Waals surface area contributed by atoms with Gasteiger partial charge in [-0.25, -0.2) is 4.98 Å². The summed E-state index contributed by atoms with van der Waals surface area (Å²) in [4.78, 5) is 20.3. The second kappa shape index (κ2) is 5.85. The first-order valence-electron chi connectivity index (χ1n) is 6.96. The molecule has 0 aromatic carbocycles. The number of hydrogen-bond donors (Lipinski definition) is 2. The van der Waals surface area contributed by atoms with E-state index in [-0.39, 0.29) is 17.3 Å². The molecule has 0 atom stereocenters. The van der Waals surface area contributed by atoms with Crippen LogP contribution in [-0.4, -0.2) is 34.3 Å². The van der Waals surface area contributed by atoms with Crippen molar-refractivity contribution < 1.29 is 4.42 Å². The van der Waals surface area contributed by atoms with Gasteiger partial charge in [-0.15, -0.1) is 10.2 Å². The Morgan fingerprint density at radius 1 is 1.38 bits per heavy atom. The van der Waals surface area contributed by atoms with Gasteiger partial charge < -0.3 is 14.7 Å². The molecule has 0 unspecified atom stereocenters. The van der Waals surface area contributed by atoms with Gasteiger partial charge in [-0.2, -0.15) is 9.50 Å². The monoisotopic (exact) mass is 344 g/mol. The number of nitrogen functional groups attached to an aromatic ring is 1. The van der Waals surface area contributed by atoms with Crippen molar-refractivity contribution in [3.05, 3.63) is 52.6 Å². The lowest BCUT2D eigenvalue weighted by Crippen LogP contribution is -2.15. The molecule has 4 rings (SSSR count). The van der Waals surface area contributed by atoms with Gasteiger partial charge >= 0.3 is 0 Å². The molecule has 10 nitrogen and oxygen atoms in total. The minimum atomic E-state index is -0.267. The van der Waals surface area contributed by atoms with Gasteiger partial charge in [0.05, 0.1) is 18.5 Å². The zero-order valence-corrected chi connectivity index (χ0v) is 13.1. The summed E-state index contributed by atoms with van der Waals surface area (Å²) >= 11 is 1.42. The van der Waals surface area contributed by atoms with Crippen molar-refractivity contribution in [3.63, 3.8) is 0 Å². The first-order chi connectivity index (χ1) is 11.7. The minimum Gasteiger partial charge on any atom is -0.467 e. The lowest BCUT2D eigenvalue weighted by atomic mass is 10.4. The third-order valence-corrected chi connectivity index (χ3v) is 4.25. The molecule has 0 aliphatic heterocycles. The van der Waals surface area contributed by atoms with Crippen LogP contribution in [0.1, 0.15) is 11.5 Å². The van der Waals surface area contributed by atoms with Gasteiger partial charge in [0, 0.05) is 11.8 Å². The van der Waals surface area contributed by atoms with E-state index in [0.29, 0.717) is 23.1 Å². The van der Waals surface area contributed by atoms with Gasteiger partial charge in [0.2, 0.25) is 5.95 Å². The smallest absolute Gasteiger partial charge is 0.274 e. The Balaban J connectivity index is 1.53. The topological polar surface area (TPSA) is 133 Å². The normalized spacial score (nSPS) is 11.3. The maximum absolute atomic E-state index is 12.0. The Morgan fingerprint density at radius 3 is 3.12 bits per heavy atom. The van der Waals surface area contributed by atoms with E-state index in [1.807, 2.05) is 16.7 Å². The fraction of sp³-hybridized carbons (Fsp3) is 0.154. The van der Waals surface area contributed by atoms with Crippen molar-refractivity contribution >= 4 is 23.5 Å². The third kappa shape index (κ3) is 2.76. The van der Waals surface area contributed by atoms with Crippen LogP contribution >= 0.6 is 11.8 Å². The maximum Gasteiger partial charge on any atom is 0.274 e. The zero-order chi connectivity index (χ0) is 16.5. The van der Waals surface area contributed by atoms with Crippen molar-refractivity contribution in [2.45, 2.75) is 17.5 Å². The van der Waals surface area contributed by atoms with E-state index in [2.05, 4.69) is 25.3 Å². The SMILES string of the molecule is Nc1nc2nc(CSc3nncn3Cc3ccco3)cc(=O)n2[nH]1. The second-order valence-electron chi connectivity index (χ2n) is 4.94. The van der Waals surface area contributed by atoms with Crippen LogP contribution in [0.4, 0.5) is 5.95 Å². The van der Waals surface area contributed by atoms with Gasteiger partial charge in [-0.3, -0.25) is 9.89 Å². The highest BCUT2D eigenvalue weighted by Crippen LogP contribution is 2.20. The molecule has 0 aliphatic carbocycles. The van der Waals surface area contributed by atoms with Crippen LogP contribution in [-0.2, 0) is 12.3 Å². The molecule has 4 aromatic rings. The highest BCUT2D eigenvalue weighted by molar-refractivity contribution is 7.98. The summed E-state index contributed by atoms with van der Waals surface area (Å²) in [5, 5.41) is 11.3. The quantitative estimate of drug-likeness (QED) is 0.501. The van der Waals surface area contributed by atoms with Crippen LogP contribution in [0.2, 0.25) is 0 Å². The number of rotatable bonds is 5. The summed E-state index contributed by atoms with van der Waals surface area (Å²) in [5.74, 6) is 1.65. The average Bonchev–Trinajstić information content (AvgIpc) is 3.27. The molecular weight excluding hydrogens is 332 g/mol. The number of anilines is 1. The molecular formula is C13H12N8O2S. The first kappa shape index (κ1) is 14.5. The standard InChI is InChI=1S/C13H12N8O2S/c14-11-17-12-16-8(4-10(22)21(12)19-11)6-24-13-18-15-7-20(13)5-9-2-1-3-23-9/h1-4,7H,5-6H2,(H3,14,16,17,19). The van der Waals surface area contributed by atoms with Crippen molar-refractivity contribution in [2.75, 3.05) is 5.73 Å². The van der Waals surface area contributed by atoms with E-state index in [1.165, 1.54) is 22.3 Å². The third-order valence-electron chi connectivity index (χ3n) is 3.24. The summed E-state index contributed by atoms with van der Waals surface area (Å²) in [6.45, 7) is 0.535. The lowest BCUT2D eigenvalue weighted by molar-refractivity contribution is 0.484. The number of fused-ring (bicyclic) bond motifs is 1. The van der Waals surface area contributed by atoms with E-state index in [4.69, 9.17) is 10.2 Å². The molecule has 4 aromatic heterocycles. The van der Waals surface area contributed by atoms with Gasteiger partial charge in [0.15, 0.2) is 5.16 Å². The average molecular weight is 344 g/mol. The molecule has 0 fully saturated rings. The zero-order valence-electron chi connectivity index (χ0n) is 12.3. The Kier molecular flexibility index (Phi) is 3.54. The van der Waals surface area contributed by atoms with E-state index in [9.17, 15) is 4.79 Å². The molecule has 24 heavy (non-hydrogen) atoms. The van der Waals surface area contributed by atoms with Crippen molar-refractivity contribution in [3.8, 4) is 0 Å². The molecule has 4 heterocycles. The van der Waals surface area contributed by atoms with Crippen LogP contribution in [0.15, 0.2) is 45.2 Å². The number of hydrogen-bond acceptors (Lipinski definition) is 8. The number of H-pyrrole nitrogens is 1. The molecule has 0 bridgehead atoms. The number of nitrogens with two attached hydrogens (primary N) is 1. The number of thioether (sulfide) groups is 1. The lowest BCUT2D eigenvalue weighted by Gasteiger charge is -2.04. The molecule has 0 radical (unpaired) electrons.